The van der Waals surface area contributed by atoms with E-state index >= 15 is 0 Å². The van der Waals surface area contributed by atoms with E-state index in [9.17, 15) is 14.9 Å². The van der Waals surface area contributed by atoms with Gasteiger partial charge in [0.05, 0.1) is 24.6 Å². The highest BCUT2D eigenvalue weighted by Crippen LogP contribution is 2.49. The lowest BCUT2D eigenvalue weighted by atomic mass is 9.70. The van der Waals surface area contributed by atoms with Crippen LogP contribution in [0.15, 0.2) is 47.2 Å². The number of nitrogens with zero attached hydrogens (tertiary/aromatic N) is 3. The van der Waals surface area contributed by atoms with Gasteiger partial charge in [-0.05, 0) is 23.0 Å². The Balaban J connectivity index is 1.67. The van der Waals surface area contributed by atoms with E-state index < -0.39 is 5.92 Å². The van der Waals surface area contributed by atoms with E-state index in [2.05, 4.69) is 19.1 Å². The van der Waals surface area contributed by atoms with Gasteiger partial charge in [-0.15, -0.1) is 0 Å². The number of hydrogen-bond donors (Lipinski definition) is 1. The number of para-hydroxylation sites is 1. The van der Waals surface area contributed by atoms with E-state index in [-0.39, 0.29) is 35.1 Å². The first-order chi connectivity index (χ1) is 17.2. The summed E-state index contributed by atoms with van der Waals surface area (Å²) in [5.74, 6) is -0.0379. The van der Waals surface area contributed by atoms with Crippen LogP contribution in [-0.4, -0.2) is 47.5 Å². The number of rotatable bonds is 4. The molecule has 1 atom stereocenters. The summed E-state index contributed by atoms with van der Waals surface area (Å²) in [6.07, 6.45) is 3.65. The molecule has 0 saturated carbocycles. The minimum absolute atomic E-state index is 0.0191. The van der Waals surface area contributed by atoms with Gasteiger partial charge in [-0.3, -0.25) is 9.59 Å². The summed E-state index contributed by atoms with van der Waals surface area (Å²) in [4.78, 5) is 28.5. The van der Waals surface area contributed by atoms with Crippen LogP contribution in [-0.2, 0) is 32.0 Å². The zero-order valence-electron chi connectivity index (χ0n) is 21.1. The molecular formula is C28H32N4O4. The number of amides is 1. The topological polar surface area (TPSA) is 111 Å². The van der Waals surface area contributed by atoms with Gasteiger partial charge in [0.1, 0.15) is 23.9 Å². The third kappa shape index (κ3) is 4.07. The van der Waals surface area contributed by atoms with E-state index in [4.69, 9.17) is 15.2 Å². The zero-order valence-corrected chi connectivity index (χ0v) is 21.1. The van der Waals surface area contributed by atoms with Gasteiger partial charge in [-0.25, -0.2) is 0 Å². The van der Waals surface area contributed by atoms with E-state index in [0.717, 1.165) is 28.5 Å². The van der Waals surface area contributed by atoms with Gasteiger partial charge in [-0.2, -0.15) is 5.26 Å². The summed E-state index contributed by atoms with van der Waals surface area (Å²) < 4.78 is 13.2. The Morgan fingerprint density at radius 2 is 2.00 bits per heavy atom. The number of nitriles is 1. The molecule has 1 unspecified atom stereocenters. The second-order valence-corrected chi connectivity index (χ2v) is 10.6. The summed E-state index contributed by atoms with van der Waals surface area (Å²) in [7, 11) is 0. The van der Waals surface area contributed by atoms with Crippen LogP contribution in [0.1, 0.15) is 50.7 Å². The second-order valence-electron chi connectivity index (χ2n) is 10.6. The lowest BCUT2D eigenvalue weighted by molar-refractivity contribution is -0.135. The van der Waals surface area contributed by atoms with Crippen LogP contribution in [0.4, 0.5) is 0 Å². The minimum Gasteiger partial charge on any atom is -0.444 e. The molecule has 1 amide bonds. The number of ether oxygens (including phenoxy) is 2. The van der Waals surface area contributed by atoms with Crippen LogP contribution < -0.4 is 5.73 Å². The molecule has 3 aliphatic rings. The number of morpholine rings is 1. The number of nitrogens with two attached hydrogens (primary N) is 1. The van der Waals surface area contributed by atoms with E-state index in [1.54, 1.807) is 0 Å². The predicted molar refractivity (Wildman–Crippen MR) is 134 cm³/mol. The SMILES string of the molecule is CCc1cccc2c(C3C(C#N)=C(N)OC4=C3C(=O)CC(C)(C)C4)cn(CC(=O)N3CCOCC3)c12. The highest BCUT2D eigenvalue weighted by atomic mass is 16.5. The van der Waals surface area contributed by atoms with Crippen LogP contribution >= 0.6 is 0 Å². The van der Waals surface area contributed by atoms with Crippen molar-refractivity contribution in [3.63, 3.8) is 0 Å². The number of aryl methyl sites for hydroxylation is 1. The average molecular weight is 489 g/mol. The van der Waals surface area contributed by atoms with Gasteiger partial charge in [0.2, 0.25) is 11.8 Å². The first kappa shape index (κ1) is 24.1. The molecule has 2 aromatic rings. The first-order valence-electron chi connectivity index (χ1n) is 12.5. The first-order valence-corrected chi connectivity index (χ1v) is 12.5. The van der Waals surface area contributed by atoms with E-state index in [1.165, 1.54) is 0 Å². The molecule has 8 nitrogen and oxygen atoms in total. The summed E-state index contributed by atoms with van der Waals surface area (Å²) in [6, 6.07) is 8.25. The lowest BCUT2D eigenvalue weighted by Crippen LogP contribution is -2.42. The molecule has 3 heterocycles. The number of ketones is 1. The summed E-state index contributed by atoms with van der Waals surface area (Å²) in [5.41, 5.74) is 9.61. The molecule has 188 valence electrons. The van der Waals surface area contributed by atoms with E-state index in [1.807, 2.05) is 41.6 Å². The number of fused-ring (bicyclic) bond motifs is 1. The maximum Gasteiger partial charge on any atom is 0.242 e. The second kappa shape index (κ2) is 9.14. The van der Waals surface area contributed by atoms with Gasteiger partial charge in [0.25, 0.3) is 0 Å². The maximum atomic E-state index is 13.5. The fraction of sp³-hybridized carbons (Fsp3) is 0.464. The molecule has 0 spiro atoms. The van der Waals surface area contributed by atoms with Crippen molar-refractivity contribution >= 4 is 22.6 Å². The molecule has 1 aromatic heterocycles. The number of aromatic nitrogens is 1. The van der Waals surface area contributed by atoms with Crippen LogP contribution in [0.25, 0.3) is 10.9 Å². The van der Waals surface area contributed by atoms with Crippen molar-refractivity contribution in [2.24, 2.45) is 11.1 Å². The fourth-order valence-electron chi connectivity index (χ4n) is 5.76. The zero-order chi connectivity index (χ0) is 25.6. The molecule has 36 heavy (non-hydrogen) atoms. The molecule has 5 rings (SSSR count). The number of carbonyl (C=O) groups excluding carboxylic acids is 2. The van der Waals surface area contributed by atoms with Crippen LogP contribution in [0.3, 0.4) is 0 Å². The van der Waals surface area contributed by atoms with Crippen molar-refractivity contribution in [2.45, 2.75) is 52.5 Å². The molecule has 2 aliphatic heterocycles. The van der Waals surface area contributed by atoms with Gasteiger partial charge in [-0.1, -0.05) is 39.0 Å². The molecule has 2 N–H and O–H groups in total. The third-order valence-electron chi connectivity index (χ3n) is 7.45. The number of Topliss-reactive ketones (excluding diaryl/α,β-unsaturated/α-hetero) is 1. The smallest absolute Gasteiger partial charge is 0.242 e. The van der Waals surface area contributed by atoms with Gasteiger partial charge in [0.15, 0.2) is 5.78 Å². The summed E-state index contributed by atoms with van der Waals surface area (Å²) in [6.45, 7) is 8.54. The van der Waals surface area contributed by atoms with Crippen LogP contribution in [0.5, 0.6) is 0 Å². The van der Waals surface area contributed by atoms with Crippen molar-refractivity contribution < 1.29 is 19.1 Å². The Hall–Kier alpha value is -3.57. The summed E-state index contributed by atoms with van der Waals surface area (Å²) in [5, 5.41) is 11.0. The monoisotopic (exact) mass is 488 g/mol. The average Bonchev–Trinajstić information content (AvgIpc) is 3.21. The maximum absolute atomic E-state index is 13.5. The number of allylic oxidation sites excluding steroid dienone is 3. The molecule has 1 fully saturated rings. The Bertz CT molecular complexity index is 1350. The fourth-order valence-corrected chi connectivity index (χ4v) is 5.76. The van der Waals surface area contributed by atoms with Gasteiger partial charge < -0.3 is 24.7 Å². The highest BCUT2D eigenvalue weighted by molar-refractivity contribution is 6.01. The molecule has 0 radical (unpaired) electrons. The Morgan fingerprint density at radius 1 is 1.25 bits per heavy atom. The van der Waals surface area contributed by atoms with Crippen molar-refractivity contribution in [3.05, 3.63) is 58.3 Å². The van der Waals surface area contributed by atoms with Crippen molar-refractivity contribution in [1.82, 2.24) is 9.47 Å². The third-order valence-corrected chi connectivity index (χ3v) is 7.45. The molecule has 8 heteroatoms. The standard InChI is InChI=1S/C28H32N4O4/c1-4-17-6-5-7-18-20(15-32(26(17)18)16-23(34)31-8-10-35-11-9-31)24-19(14-29)27(30)36-22-13-28(2,3)12-21(33)25(22)24/h5-7,15,24H,4,8-13,16,30H2,1-3H3. The van der Waals surface area contributed by atoms with Gasteiger partial charge >= 0.3 is 0 Å². The number of benzene rings is 1. The quantitative estimate of drug-likeness (QED) is 0.705. The molecule has 0 bridgehead atoms. The van der Waals surface area contributed by atoms with Crippen molar-refractivity contribution in [2.75, 3.05) is 26.3 Å². The summed E-state index contributed by atoms with van der Waals surface area (Å²) >= 11 is 0. The van der Waals surface area contributed by atoms with Gasteiger partial charge in [0, 0.05) is 43.1 Å². The number of hydrogen-bond acceptors (Lipinski definition) is 6. The highest BCUT2D eigenvalue weighted by Gasteiger charge is 2.44. The normalized spacial score (nSPS) is 21.9. The van der Waals surface area contributed by atoms with Crippen molar-refractivity contribution in [3.8, 4) is 6.07 Å². The van der Waals surface area contributed by atoms with Crippen molar-refractivity contribution in [1.29, 1.82) is 5.26 Å². The lowest BCUT2D eigenvalue weighted by Gasteiger charge is -2.37. The Labute approximate surface area is 210 Å². The van der Waals surface area contributed by atoms with E-state index in [0.29, 0.717) is 50.5 Å². The molecule has 1 aliphatic carbocycles. The predicted octanol–water partition coefficient (Wildman–Crippen LogP) is 3.51. The minimum atomic E-state index is -0.628. The Morgan fingerprint density at radius 3 is 2.69 bits per heavy atom. The van der Waals surface area contributed by atoms with Crippen LogP contribution in [0.2, 0.25) is 0 Å². The number of carbonyl (C=O) groups is 2. The molecule has 1 saturated heterocycles. The molecular weight excluding hydrogens is 456 g/mol. The molecule has 1 aromatic carbocycles. The van der Waals surface area contributed by atoms with Crippen LogP contribution in [0, 0.1) is 16.7 Å². The Kier molecular flexibility index (Phi) is 6.13. The largest absolute Gasteiger partial charge is 0.444 e.